The van der Waals surface area contributed by atoms with Crippen LogP contribution in [0.25, 0.3) is 11.3 Å². The summed E-state index contributed by atoms with van der Waals surface area (Å²) in [4.78, 5) is 14.4. The highest BCUT2D eigenvalue weighted by molar-refractivity contribution is 9.10. The van der Waals surface area contributed by atoms with Crippen molar-refractivity contribution in [3.8, 4) is 11.3 Å². The summed E-state index contributed by atoms with van der Waals surface area (Å²) in [6.07, 6.45) is -5.75. The first kappa shape index (κ1) is 21.4. The molecule has 7 nitrogen and oxygen atoms in total. The van der Waals surface area contributed by atoms with Crippen LogP contribution >= 0.6 is 27.3 Å². The minimum Gasteiger partial charge on any atom is -0.362 e. The molecule has 1 aromatic heterocycles. The van der Waals surface area contributed by atoms with Crippen LogP contribution in [0.4, 0.5) is 24.0 Å². The molecule has 31 heavy (non-hydrogen) atoms. The summed E-state index contributed by atoms with van der Waals surface area (Å²) in [6.45, 7) is 0. The van der Waals surface area contributed by atoms with E-state index >= 15 is 0 Å². The van der Waals surface area contributed by atoms with Crippen molar-refractivity contribution in [1.82, 2.24) is 4.98 Å². The minimum absolute atomic E-state index is 0.0689. The largest absolute Gasteiger partial charge is 0.438 e. The van der Waals surface area contributed by atoms with E-state index in [1.807, 2.05) is 0 Å². The fourth-order valence-corrected chi connectivity index (χ4v) is 4.13. The third-order valence-electron chi connectivity index (χ3n) is 4.66. The molecular formula is C19H12BrF3N4O3S. The topological polar surface area (TPSA) is 91.9 Å². The number of aliphatic hydroxyl groups is 1. The Morgan fingerprint density at radius 3 is 2.32 bits per heavy atom. The van der Waals surface area contributed by atoms with Crippen LogP contribution in [-0.4, -0.2) is 32.6 Å². The Labute approximate surface area is 185 Å². The van der Waals surface area contributed by atoms with Gasteiger partial charge in [0, 0.05) is 27.5 Å². The second-order valence-corrected chi connectivity index (χ2v) is 8.43. The molecule has 0 unspecified atom stereocenters. The number of hydrogen-bond donors (Lipinski definition) is 1. The van der Waals surface area contributed by atoms with Crippen molar-refractivity contribution in [2.45, 2.75) is 18.3 Å². The van der Waals surface area contributed by atoms with Crippen molar-refractivity contribution in [3.05, 3.63) is 74.1 Å². The van der Waals surface area contributed by atoms with E-state index in [9.17, 15) is 28.4 Å². The summed E-state index contributed by atoms with van der Waals surface area (Å²) >= 11 is 4.15. The molecule has 0 spiro atoms. The first-order valence-corrected chi connectivity index (χ1v) is 10.4. The predicted octanol–water partition coefficient (Wildman–Crippen LogP) is 5.35. The number of alkyl halides is 3. The Bertz CT molecular complexity index is 1170. The van der Waals surface area contributed by atoms with Crippen LogP contribution in [0.1, 0.15) is 12.0 Å². The molecule has 2 aromatic carbocycles. The molecule has 1 aliphatic rings. The number of halogens is 4. The standard InChI is InChI=1S/C19H12BrF3N4O3S/c20-13-5-1-11(2-6-13)15-9-18(28,19(21,22)23)26(25-15)17-24-16(10-31-17)12-3-7-14(8-4-12)27(29)30/h1-8,10,28H,9H2/t18-/m1/s1. The lowest BCUT2D eigenvalue weighted by Gasteiger charge is -2.32. The Balaban J connectivity index is 1.71. The van der Waals surface area contributed by atoms with Gasteiger partial charge in [-0.05, 0) is 29.8 Å². The number of nitro benzene ring substituents is 1. The zero-order valence-electron chi connectivity index (χ0n) is 15.4. The number of rotatable bonds is 4. The fraction of sp³-hybridized carbons (Fsp3) is 0.158. The lowest BCUT2D eigenvalue weighted by Crippen LogP contribution is -2.55. The number of aromatic nitrogens is 1. The first-order chi connectivity index (χ1) is 14.6. The molecule has 1 aliphatic heterocycles. The Morgan fingerprint density at radius 2 is 1.74 bits per heavy atom. The number of hydrazone groups is 1. The van der Waals surface area contributed by atoms with E-state index in [4.69, 9.17) is 0 Å². The lowest BCUT2D eigenvalue weighted by molar-refractivity contribution is -0.384. The second kappa shape index (κ2) is 7.70. The predicted molar refractivity (Wildman–Crippen MR) is 113 cm³/mol. The number of thiazole rings is 1. The number of nitro groups is 1. The van der Waals surface area contributed by atoms with Gasteiger partial charge in [0.1, 0.15) is 0 Å². The molecule has 0 amide bonds. The van der Waals surface area contributed by atoms with Gasteiger partial charge in [0.25, 0.3) is 11.4 Å². The summed E-state index contributed by atoms with van der Waals surface area (Å²) in [6, 6.07) is 12.0. The van der Waals surface area contributed by atoms with Gasteiger partial charge in [0.05, 0.1) is 22.7 Å². The average molecular weight is 513 g/mol. The van der Waals surface area contributed by atoms with Crippen LogP contribution in [0.3, 0.4) is 0 Å². The molecule has 3 aromatic rings. The van der Waals surface area contributed by atoms with Gasteiger partial charge in [0.2, 0.25) is 5.13 Å². The SMILES string of the molecule is O=[N+]([O-])c1ccc(-c2csc(N3N=C(c4ccc(Br)cc4)C[C@@]3(O)C(F)(F)F)n2)cc1. The maximum atomic E-state index is 13.8. The molecule has 0 aliphatic carbocycles. The van der Waals surface area contributed by atoms with Gasteiger partial charge in [-0.15, -0.1) is 11.3 Å². The smallest absolute Gasteiger partial charge is 0.362 e. The van der Waals surface area contributed by atoms with Crippen molar-refractivity contribution in [3.63, 3.8) is 0 Å². The van der Waals surface area contributed by atoms with Crippen LogP contribution in [0, 0.1) is 10.1 Å². The van der Waals surface area contributed by atoms with E-state index in [2.05, 4.69) is 26.0 Å². The van der Waals surface area contributed by atoms with Crippen molar-refractivity contribution in [2.75, 3.05) is 5.01 Å². The highest BCUT2D eigenvalue weighted by Gasteiger charge is 2.62. The summed E-state index contributed by atoms with van der Waals surface area (Å²) < 4.78 is 42.2. The zero-order chi connectivity index (χ0) is 22.4. The normalized spacial score (nSPS) is 18.9. The van der Waals surface area contributed by atoms with Gasteiger partial charge < -0.3 is 5.11 Å². The van der Waals surface area contributed by atoms with Gasteiger partial charge in [-0.25, -0.2) is 4.98 Å². The maximum absolute atomic E-state index is 13.8. The van der Waals surface area contributed by atoms with Gasteiger partial charge in [-0.2, -0.15) is 23.3 Å². The van der Waals surface area contributed by atoms with Crippen molar-refractivity contribution in [1.29, 1.82) is 0 Å². The molecule has 12 heteroatoms. The van der Waals surface area contributed by atoms with Gasteiger partial charge in [-0.3, -0.25) is 10.1 Å². The maximum Gasteiger partial charge on any atom is 0.438 e. The van der Waals surface area contributed by atoms with E-state index in [1.165, 1.54) is 29.6 Å². The third kappa shape index (κ3) is 3.93. The summed E-state index contributed by atoms with van der Waals surface area (Å²) in [5.74, 6) is 0. The summed E-state index contributed by atoms with van der Waals surface area (Å²) in [7, 11) is 0. The van der Waals surface area contributed by atoms with Gasteiger partial charge >= 0.3 is 6.18 Å². The Kier molecular flexibility index (Phi) is 5.31. The molecule has 0 saturated heterocycles. The number of non-ortho nitro benzene ring substituents is 1. The highest BCUT2D eigenvalue weighted by atomic mass is 79.9. The quantitative estimate of drug-likeness (QED) is 0.376. The number of anilines is 1. The zero-order valence-corrected chi connectivity index (χ0v) is 17.8. The van der Waals surface area contributed by atoms with E-state index in [1.54, 1.807) is 24.3 Å². The Morgan fingerprint density at radius 1 is 1.13 bits per heavy atom. The first-order valence-electron chi connectivity index (χ1n) is 8.71. The minimum atomic E-state index is -4.99. The van der Waals surface area contributed by atoms with E-state index < -0.39 is 23.2 Å². The van der Waals surface area contributed by atoms with Crippen LogP contribution in [-0.2, 0) is 0 Å². The monoisotopic (exact) mass is 512 g/mol. The highest BCUT2D eigenvalue weighted by Crippen LogP contribution is 2.45. The third-order valence-corrected chi connectivity index (χ3v) is 6.01. The summed E-state index contributed by atoms with van der Waals surface area (Å²) in [5.41, 5.74) is -2.06. The van der Waals surface area contributed by atoms with Crippen molar-refractivity contribution >= 4 is 43.8 Å². The molecule has 0 saturated carbocycles. The summed E-state index contributed by atoms with van der Waals surface area (Å²) in [5, 5.41) is 27.2. The average Bonchev–Trinajstić information content (AvgIpc) is 3.33. The molecule has 0 radical (unpaired) electrons. The molecule has 1 atom stereocenters. The molecule has 4 rings (SSSR count). The van der Waals surface area contributed by atoms with Gasteiger partial charge in [-0.1, -0.05) is 28.1 Å². The van der Waals surface area contributed by atoms with Crippen LogP contribution in [0.5, 0.6) is 0 Å². The molecule has 160 valence electrons. The van der Waals surface area contributed by atoms with E-state index in [0.29, 0.717) is 21.8 Å². The van der Waals surface area contributed by atoms with E-state index in [0.717, 1.165) is 15.8 Å². The van der Waals surface area contributed by atoms with Crippen molar-refractivity contribution in [2.24, 2.45) is 5.10 Å². The molecule has 0 fully saturated rings. The second-order valence-electron chi connectivity index (χ2n) is 6.68. The molecule has 2 heterocycles. The lowest BCUT2D eigenvalue weighted by atomic mass is 10.0. The van der Waals surface area contributed by atoms with Crippen LogP contribution in [0.2, 0.25) is 0 Å². The number of hydrogen-bond acceptors (Lipinski definition) is 7. The molecule has 1 N–H and O–H groups in total. The fourth-order valence-electron chi connectivity index (χ4n) is 3.02. The van der Waals surface area contributed by atoms with Gasteiger partial charge in [0.15, 0.2) is 0 Å². The molecular weight excluding hydrogens is 501 g/mol. The van der Waals surface area contributed by atoms with Crippen LogP contribution in [0.15, 0.2) is 63.5 Å². The Hall–Kier alpha value is -2.83. The van der Waals surface area contributed by atoms with E-state index in [-0.39, 0.29) is 16.5 Å². The van der Waals surface area contributed by atoms with Crippen molar-refractivity contribution < 1.29 is 23.2 Å². The molecule has 0 bridgehead atoms. The number of nitrogens with zero attached hydrogens (tertiary/aromatic N) is 4. The van der Waals surface area contributed by atoms with Crippen LogP contribution < -0.4 is 5.01 Å². The number of benzene rings is 2.